The molecule has 0 amide bonds. The van der Waals surface area contributed by atoms with Gasteiger partial charge >= 0.3 is 0 Å². The molecule has 0 nitrogen and oxygen atoms in total. The minimum atomic E-state index is -2.28. The van der Waals surface area contributed by atoms with Crippen molar-refractivity contribution in [1.82, 2.24) is 0 Å². The zero-order chi connectivity index (χ0) is 15.7. The summed E-state index contributed by atoms with van der Waals surface area (Å²) in [7, 11) is -2.28. The number of hydrogen-bond donors (Lipinski definition) is 0. The van der Waals surface area contributed by atoms with Crippen molar-refractivity contribution >= 4 is 28.8 Å². The lowest BCUT2D eigenvalue weighted by molar-refractivity contribution is 0.674. The maximum absolute atomic E-state index is 7.18. The average Bonchev–Trinajstić information content (AvgIpc) is 2.59. The molecule has 0 fully saturated rings. The number of hydrogen-bond acceptors (Lipinski definition) is 0. The zero-order valence-electron chi connectivity index (χ0n) is 13.3. The highest BCUT2D eigenvalue weighted by Crippen LogP contribution is 2.14. The van der Waals surface area contributed by atoms with Gasteiger partial charge in [-0.2, -0.15) is 0 Å². The maximum Gasteiger partial charge on any atom is 0.240 e. The van der Waals surface area contributed by atoms with Crippen LogP contribution in [-0.2, 0) is 0 Å². The highest BCUT2D eigenvalue weighted by molar-refractivity contribution is 7.36. The molecule has 2 heteroatoms. The molecule has 0 radical (unpaired) electrons. The van der Waals surface area contributed by atoms with E-state index in [2.05, 4.69) is 79.4 Å². The van der Waals surface area contributed by atoms with Crippen LogP contribution in [0.15, 0.2) is 72.4 Å². The van der Waals surface area contributed by atoms with Gasteiger partial charge in [-0.3, -0.25) is 0 Å². The summed E-state index contributed by atoms with van der Waals surface area (Å²) in [5.41, 5.74) is 2.30. The predicted molar refractivity (Wildman–Crippen MR) is 102 cm³/mol. The van der Waals surface area contributed by atoms with Crippen LogP contribution < -0.4 is 10.4 Å². The predicted octanol–water partition coefficient (Wildman–Crippen LogP) is 5.05. The molecular formula is C20H25ClSi. The Morgan fingerprint density at radius 3 is 1.86 bits per heavy atom. The van der Waals surface area contributed by atoms with Gasteiger partial charge in [0.05, 0.1) is 0 Å². The first kappa shape index (κ1) is 17.0. The fourth-order valence-electron chi connectivity index (χ4n) is 2.66. The van der Waals surface area contributed by atoms with Crippen molar-refractivity contribution in [2.75, 3.05) is 0 Å². The standard InChI is InChI=1S/C20H25ClSi/c1-2-3-4-5-6-13-18-22(21,19-14-9-7-10-15-19)20-16-11-8-12-17-20/h7-18H,2-6H2,1H3/b18-13+. The van der Waals surface area contributed by atoms with Gasteiger partial charge in [0.25, 0.3) is 0 Å². The van der Waals surface area contributed by atoms with E-state index in [0.29, 0.717) is 0 Å². The van der Waals surface area contributed by atoms with Crippen molar-refractivity contribution < 1.29 is 0 Å². The summed E-state index contributed by atoms with van der Waals surface area (Å²) < 4.78 is 0. The quantitative estimate of drug-likeness (QED) is 0.361. The summed E-state index contributed by atoms with van der Waals surface area (Å²) in [6.45, 7) is 2.25. The molecule has 0 unspecified atom stereocenters. The molecule has 0 atom stereocenters. The highest BCUT2D eigenvalue weighted by Gasteiger charge is 2.32. The number of allylic oxidation sites excluding steroid dienone is 1. The van der Waals surface area contributed by atoms with Crippen molar-refractivity contribution in [2.24, 2.45) is 0 Å². The average molecular weight is 329 g/mol. The van der Waals surface area contributed by atoms with E-state index in [-0.39, 0.29) is 0 Å². The summed E-state index contributed by atoms with van der Waals surface area (Å²) in [5, 5.41) is 2.51. The van der Waals surface area contributed by atoms with Crippen LogP contribution in [-0.4, -0.2) is 7.38 Å². The molecule has 0 bridgehead atoms. The molecule has 0 heterocycles. The molecule has 2 aromatic carbocycles. The van der Waals surface area contributed by atoms with Crippen molar-refractivity contribution in [3.8, 4) is 0 Å². The van der Waals surface area contributed by atoms with Gasteiger partial charge in [0, 0.05) is 0 Å². The summed E-state index contributed by atoms with van der Waals surface area (Å²) in [5.74, 6) is 0. The Morgan fingerprint density at radius 1 is 0.818 bits per heavy atom. The Bertz CT molecular complexity index is 523. The molecule has 0 aliphatic rings. The minimum Gasteiger partial charge on any atom is -0.149 e. The lowest BCUT2D eigenvalue weighted by atomic mass is 10.2. The zero-order valence-corrected chi connectivity index (χ0v) is 15.1. The third-order valence-corrected chi connectivity index (χ3v) is 8.69. The van der Waals surface area contributed by atoms with Gasteiger partial charge in [0.2, 0.25) is 7.38 Å². The Balaban J connectivity index is 2.18. The Kier molecular flexibility index (Phi) is 6.95. The van der Waals surface area contributed by atoms with E-state index in [9.17, 15) is 0 Å². The van der Waals surface area contributed by atoms with Crippen molar-refractivity contribution in [2.45, 2.75) is 39.0 Å². The van der Waals surface area contributed by atoms with Crippen LogP contribution >= 0.6 is 11.1 Å². The molecule has 0 aromatic heterocycles. The Morgan fingerprint density at radius 2 is 1.36 bits per heavy atom. The smallest absolute Gasteiger partial charge is 0.149 e. The first-order chi connectivity index (χ1) is 10.8. The number of halogens is 1. The largest absolute Gasteiger partial charge is 0.240 e. The van der Waals surface area contributed by atoms with Gasteiger partial charge in [-0.25, -0.2) is 0 Å². The molecule has 0 spiro atoms. The Hall–Kier alpha value is -1.31. The van der Waals surface area contributed by atoms with Crippen LogP contribution in [0.2, 0.25) is 0 Å². The van der Waals surface area contributed by atoms with E-state index >= 15 is 0 Å². The fourth-order valence-corrected chi connectivity index (χ4v) is 6.24. The first-order valence-corrected chi connectivity index (χ1v) is 11.3. The normalized spacial score (nSPS) is 11.9. The maximum atomic E-state index is 7.18. The van der Waals surface area contributed by atoms with Crippen LogP contribution in [0.1, 0.15) is 39.0 Å². The lowest BCUT2D eigenvalue weighted by Gasteiger charge is -2.22. The monoisotopic (exact) mass is 328 g/mol. The number of benzene rings is 2. The van der Waals surface area contributed by atoms with Crippen molar-refractivity contribution in [3.05, 3.63) is 72.4 Å². The van der Waals surface area contributed by atoms with E-state index in [1.54, 1.807) is 0 Å². The van der Waals surface area contributed by atoms with Gasteiger partial charge < -0.3 is 0 Å². The summed E-state index contributed by atoms with van der Waals surface area (Å²) in [6, 6.07) is 21.1. The van der Waals surface area contributed by atoms with Crippen molar-refractivity contribution in [1.29, 1.82) is 0 Å². The van der Waals surface area contributed by atoms with Gasteiger partial charge in [-0.15, -0.1) is 11.1 Å². The molecule has 0 saturated heterocycles. The summed E-state index contributed by atoms with van der Waals surface area (Å²) in [6.07, 6.45) is 8.61. The minimum absolute atomic E-state index is 1.13. The van der Waals surface area contributed by atoms with E-state index < -0.39 is 7.38 Å². The van der Waals surface area contributed by atoms with Crippen LogP contribution in [0.25, 0.3) is 0 Å². The summed E-state index contributed by atoms with van der Waals surface area (Å²) in [4.78, 5) is 0. The summed E-state index contributed by atoms with van der Waals surface area (Å²) >= 11 is 7.18. The second-order valence-corrected chi connectivity index (χ2v) is 10.4. The molecule has 0 aliphatic heterocycles. The van der Waals surface area contributed by atoms with E-state index in [4.69, 9.17) is 11.1 Å². The molecule has 22 heavy (non-hydrogen) atoms. The molecule has 0 saturated carbocycles. The van der Waals surface area contributed by atoms with Gasteiger partial charge in [0.15, 0.2) is 0 Å². The molecular weight excluding hydrogens is 304 g/mol. The number of unbranched alkanes of at least 4 members (excludes halogenated alkanes) is 4. The van der Waals surface area contributed by atoms with Crippen LogP contribution in [0, 0.1) is 0 Å². The molecule has 0 N–H and O–H groups in total. The topological polar surface area (TPSA) is 0 Å². The highest BCUT2D eigenvalue weighted by atomic mass is 35.6. The van der Waals surface area contributed by atoms with E-state index in [0.717, 1.165) is 6.42 Å². The fraction of sp³-hybridized carbons (Fsp3) is 0.300. The van der Waals surface area contributed by atoms with E-state index in [1.165, 1.54) is 36.1 Å². The van der Waals surface area contributed by atoms with Gasteiger partial charge in [-0.1, -0.05) is 98.6 Å². The third-order valence-electron chi connectivity index (χ3n) is 3.96. The first-order valence-electron chi connectivity index (χ1n) is 8.25. The van der Waals surface area contributed by atoms with Crippen LogP contribution in [0.3, 0.4) is 0 Å². The van der Waals surface area contributed by atoms with Gasteiger partial charge in [-0.05, 0) is 23.2 Å². The lowest BCUT2D eigenvalue weighted by Crippen LogP contribution is -2.52. The SMILES string of the molecule is CCCCCC/C=C/[Si](Cl)(c1ccccc1)c1ccccc1. The van der Waals surface area contributed by atoms with Crippen LogP contribution in [0.4, 0.5) is 0 Å². The van der Waals surface area contributed by atoms with Gasteiger partial charge in [0.1, 0.15) is 0 Å². The second kappa shape index (κ2) is 8.97. The third kappa shape index (κ3) is 4.59. The molecule has 2 rings (SSSR count). The van der Waals surface area contributed by atoms with E-state index in [1.807, 2.05) is 0 Å². The molecule has 2 aromatic rings. The van der Waals surface area contributed by atoms with Crippen LogP contribution in [0.5, 0.6) is 0 Å². The number of rotatable bonds is 8. The molecule has 116 valence electrons. The second-order valence-electron chi connectivity index (χ2n) is 5.70. The Labute approximate surface area is 140 Å². The molecule has 0 aliphatic carbocycles. The van der Waals surface area contributed by atoms with Crippen molar-refractivity contribution in [3.63, 3.8) is 0 Å².